The Balaban J connectivity index is 1.80. The average molecular weight is 385 g/mol. The lowest BCUT2D eigenvalue weighted by Crippen LogP contribution is -2.12. The highest BCUT2D eigenvalue weighted by atomic mass is 19.1. The molecule has 9 heteroatoms. The van der Waals surface area contributed by atoms with Gasteiger partial charge in [0.2, 0.25) is 5.95 Å². The highest BCUT2D eigenvalue weighted by Crippen LogP contribution is 2.26. The Labute approximate surface area is 162 Å². The number of benzene rings is 1. The summed E-state index contributed by atoms with van der Waals surface area (Å²) in [6.45, 7) is 0. The molecule has 140 valence electrons. The molecule has 0 aliphatic heterocycles. The topological polar surface area (TPSA) is 98.0 Å². The van der Waals surface area contributed by atoms with Crippen molar-refractivity contribution in [1.82, 2.24) is 29.5 Å². The van der Waals surface area contributed by atoms with Gasteiger partial charge < -0.3 is 5.32 Å². The van der Waals surface area contributed by atoms with Gasteiger partial charge in [0.15, 0.2) is 11.5 Å². The predicted octanol–water partition coefficient (Wildman–Crippen LogP) is 2.98. The first kappa shape index (κ1) is 16.9. The van der Waals surface area contributed by atoms with E-state index >= 15 is 0 Å². The second kappa shape index (κ2) is 6.71. The number of rotatable bonds is 3. The number of pyridine rings is 1. The molecule has 0 radical (unpaired) electrons. The molecule has 5 rings (SSSR count). The zero-order valence-electron chi connectivity index (χ0n) is 14.8. The van der Waals surface area contributed by atoms with Crippen LogP contribution in [0.4, 0.5) is 16.0 Å². The normalized spacial score (nSPS) is 11.1. The summed E-state index contributed by atoms with van der Waals surface area (Å²) in [5, 5.41) is 7.93. The molecule has 0 unspecified atom stereocenters. The minimum Gasteiger partial charge on any atom is -0.319 e. The molecule has 8 nitrogen and oxygen atoms in total. The molecule has 0 fully saturated rings. The first-order chi connectivity index (χ1) is 14.2. The van der Waals surface area contributed by atoms with Crippen molar-refractivity contribution >= 4 is 28.2 Å². The van der Waals surface area contributed by atoms with E-state index in [2.05, 4.69) is 30.4 Å². The van der Waals surface area contributed by atoms with Gasteiger partial charge in [-0.15, -0.1) is 5.10 Å². The molecule has 0 saturated heterocycles. The molecule has 0 aliphatic rings. The lowest BCUT2D eigenvalue weighted by atomic mass is 10.2. The monoisotopic (exact) mass is 385 g/mol. The Bertz CT molecular complexity index is 1420. The van der Waals surface area contributed by atoms with Gasteiger partial charge in [0, 0.05) is 29.5 Å². The third kappa shape index (κ3) is 2.94. The quantitative estimate of drug-likeness (QED) is 0.510. The Hall–Kier alpha value is -4.27. The Morgan fingerprint density at radius 1 is 0.931 bits per heavy atom. The number of hydrogen-bond donors (Lipinski definition) is 1. The van der Waals surface area contributed by atoms with Crippen LogP contribution in [0.1, 0.15) is 0 Å². The number of aromatic nitrogens is 6. The molecule has 0 atom stereocenters. The van der Waals surface area contributed by atoms with E-state index < -0.39 is 11.4 Å². The summed E-state index contributed by atoms with van der Waals surface area (Å²) in [5.41, 5.74) is 0.978. The molecule has 29 heavy (non-hydrogen) atoms. The van der Waals surface area contributed by atoms with Gasteiger partial charge in [0.05, 0.1) is 0 Å². The zero-order valence-corrected chi connectivity index (χ0v) is 14.8. The molecule has 0 bridgehead atoms. The van der Waals surface area contributed by atoms with E-state index in [9.17, 15) is 9.18 Å². The van der Waals surface area contributed by atoms with Crippen LogP contribution < -0.4 is 10.9 Å². The first-order valence-electron chi connectivity index (χ1n) is 8.68. The van der Waals surface area contributed by atoms with Gasteiger partial charge in [-0.25, -0.2) is 19.3 Å². The smallest absolute Gasteiger partial charge is 0.293 e. The van der Waals surface area contributed by atoms with Crippen molar-refractivity contribution in [2.45, 2.75) is 0 Å². The molecule has 5 aromatic rings. The summed E-state index contributed by atoms with van der Waals surface area (Å²) in [4.78, 5) is 28.9. The SMILES string of the molecule is O=c1nccccc1Nc1nc2c(F)cccc2c2nc(-c3ccncc3)nn12. The lowest BCUT2D eigenvalue weighted by molar-refractivity contribution is 0.636. The van der Waals surface area contributed by atoms with Gasteiger partial charge in [-0.3, -0.25) is 9.78 Å². The predicted molar refractivity (Wildman–Crippen MR) is 105 cm³/mol. The van der Waals surface area contributed by atoms with Gasteiger partial charge in [-0.05, 0) is 36.4 Å². The van der Waals surface area contributed by atoms with Crippen LogP contribution in [0.5, 0.6) is 0 Å². The molecular weight excluding hydrogens is 373 g/mol. The van der Waals surface area contributed by atoms with Crippen LogP contribution in [0, 0.1) is 5.82 Å². The van der Waals surface area contributed by atoms with Crippen molar-refractivity contribution in [3.8, 4) is 11.4 Å². The standard InChI is InChI=1S/C20H12FN7O/c21-14-5-3-4-13-16(14)25-20(24-15-6-1-2-9-23-19(15)29)28-18(13)26-17(27-28)12-7-10-22-11-8-12/h1-11H,(H,23,24,25,29). The summed E-state index contributed by atoms with van der Waals surface area (Å²) >= 11 is 0. The van der Waals surface area contributed by atoms with Gasteiger partial charge in [0.25, 0.3) is 5.56 Å². The van der Waals surface area contributed by atoms with E-state index in [1.165, 1.54) is 16.8 Å². The summed E-state index contributed by atoms with van der Waals surface area (Å²) in [6, 6.07) is 13.0. The number of para-hydroxylation sites is 1. The van der Waals surface area contributed by atoms with Crippen LogP contribution in [-0.4, -0.2) is 29.5 Å². The molecule has 0 aliphatic carbocycles. The summed E-state index contributed by atoms with van der Waals surface area (Å²) in [6.07, 6.45) is 4.67. The molecule has 1 N–H and O–H groups in total. The van der Waals surface area contributed by atoms with Crippen LogP contribution in [-0.2, 0) is 0 Å². The fourth-order valence-electron chi connectivity index (χ4n) is 2.97. The molecule has 0 amide bonds. The Morgan fingerprint density at radius 3 is 2.66 bits per heavy atom. The van der Waals surface area contributed by atoms with Crippen LogP contribution in [0.3, 0.4) is 0 Å². The van der Waals surface area contributed by atoms with Crippen LogP contribution in [0.2, 0.25) is 0 Å². The van der Waals surface area contributed by atoms with Crippen molar-refractivity contribution in [2.24, 2.45) is 0 Å². The number of hydrogen-bond acceptors (Lipinski definition) is 7. The maximum atomic E-state index is 14.5. The van der Waals surface area contributed by atoms with Gasteiger partial charge >= 0.3 is 0 Å². The van der Waals surface area contributed by atoms with E-state index in [0.29, 0.717) is 16.9 Å². The highest BCUT2D eigenvalue weighted by molar-refractivity contribution is 5.93. The van der Waals surface area contributed by atoms with E-state index in [1.807, 2.05) is 0 Å². The zero-order chi connectivity index (χ0) is 19.8. The Morgan fingerprint density at radius 2 is 1.79 bits per heavy atom. The maximum Gasteiger partial charge on any atom is 0.293 e. The summed E-state index contributed by atoms with van der Waals surface area (Å²) < 4.78 is 15.9. The van der Waals surface area contributed by atoms with Gasteiger partial charge in [-0.1, -0.05) is 12.1 Å². The van der Waals surface area contributed by atoms with E-state index in [-0.39, 0.29) is 17.2 Å². The third-order valence-corrected chi connectivity index (χ3v) is 4.32. The van der Waals surface area contributed by atoms with Crippen molar-refractivity contribution in [3.05, 3.63) is 83.3 Å². The fourth-order valence-corrected chi connectivity index (χ4v) is 2.97. The average Bonchev–Trinajstić information content (AvgIpc) is 3.10. The Kier molecular flexibility index (Phi) is 3.91. The van der Waals surface area contributed by atoms with Crippen LogP contribution in [0.15, 0.2) is 71.9 Å². The number of nitrogens with one attached hydrogen (secondary N) is 1. The highest BCUT2D eigenvalue weighted by Gasteiger charge is 2.17. The second-order valence-electron chi connectivity index (χ2n) is 6.15. The van der Waals surface area contributed by atoms with Gasteiger partial charge in [-0.2, -0.15) is 4.52 Å². The largest absolute Gasteiger partial charge is 0.319 e. The van der Waals surface area contributed by atoms with E-state index in [4.69, 9.17) is 0 Å². The maximum absolute atomic E-state index is 14.5. The fraction of sp³-hybridized carbons (Fsp3) is 0. The van der Waals surface area contributed by atoms with Crippen molar-refractivity contribution in [2.75, 3.05) is 5.32 Å². The lowest BCUT2D eigenvalue weighted by Gasteiger charge is -2.08. The molecule has 4 aromatic heterocycles. The molecular formula is C20H12FN7O. The van der Waals surface area contributed by atoms with Gasteiger partial charge in [0.1, 0.15) is 17.0 Å². The van der Waals surface area contributed by atoms with Crippen molar-refractivity contribution in [1.29, 1.82) is 0 Å². The molecule has 0 spiro atoms. The number of nitrogens with zero attached hydrogens (tertiary/aromatic N) is 6. The second-order valence-corrected chi connectivity index (χ2v) is 6.15. The first-order valence-corrected chi connectivity index (χ1v) is 8.68. The minimum absolute atomic E-state index is 0.122. The number of fused-ring (bicyclic) bond motifs is 3. The van der Waals surface area contributed by atoms with E-state index in [1.54, 1.807) is 54.9 Å². The molecule has 0 saturated carbocycles. The summed E-state index contributed by atoms with van der Waals surface area (Å²) in [5.74, 6) is 0.0733. The number of anilines is 2. The third-order valence-electron chi connectivity index (χ3n) is 4.32. The van der Waals surface area contributed by atoms with Crippen molar-refractivity contribution in [3.63, 3.8) is 0 Å². The number of halogens is 1. The molecule has 4 heterocycles. The summed E-state index contributed by atoms with van der Waals surface area (Å²) in [7, 11) is 0. The van der Waals surface area contributed by atoms with E-state index in [0.717, 1.165) is 5.56 Å². The van der Waals surface area contributed by atoms with Crippen LogP contribution in [0.25, 0.3) is 27.9 Å². The van der Waals surface area contributed by atoms with Crippen molar-refractivity contribution < 1.29 is 4.39 Å². The van der Waals surface area contributed by atoms with Crippen LogP contribution >= 0.6 is 0 Å². The minimum atomic E-state index is -0.499. The molecule has 1 aromatic carbocycles.